The van der Waals surface area contributed by atoms with Crippen LogP contribution in [0.25, 0.3) is 0 Å². The van der Waals surface area contributed by atoms with E-state index in [0.29, 0.717) is 0 Å². The lowest BCUT2D eigenvalue weighted by molar-refractivity contribution is -0.298. The molecule has 0 rings (SSSR count). The Balaban J connectivity index is 4.72. The fourth-order valence-corrected chi connectivity index (χ4v) is 2.06. The lowest BCUT2D eigenvalue weighted by Gasteiger charge is -2.35. The largest absolute Gasteiger partial charge is 0.455 e. The average Bonchev–Trinajstić information content (AvgIpc) is 2.22. The predicted octanol–water partition coefficient (Wildman–Crippen LogP) is 3.79. The quantitative estimate of drug-likeness (QED) is 0.651. The molecule has 0 aliphatic heterocycles. The minimum atomic E-state index is -5.64. The number of hydrogen-bond acceptors (Lipinski definition) is 3. The molecular weight excluding hydrogens is 311 g/mol. The molecular formula is C14H25F5O3. The lowest BCUT2D eigenvalue weighted by Crippen LogP contribution is -2.43. The Morgan fingerprint density at radius 2 is 1.41 bits per heavy atom. The van der Waals surface area contributed by atoms with Crippen LogP contribution in [0.1, 0.15) is 41.0 Å². The maximum Gasteiger partial charge on any atom is 0.455 e. The molecule has 8 heteroatoms. The minimum absolute atomic E-state index is 0.0756. The van der Waals surface area contributed by atoms with Gasteiger partial charge in [-0.25, -0.2) is 0 Å². The second-order valence-corrected chi connectivity index (χ2v) is 6.85. The molecule has 0 saturated carbocycles. The highest BCUT2D eigenvalue weighted by Crippen LogP contribution is 2.36. The van der Waals surface area contributed by atoms with E-state index in [1.54, 1.807) is 20.8 Å². The van der Waals surface area contributed by atoms with Gasteiger partial charge in [0.15, 0.2) is 0 Å². The van der Waals surface area contributed by atoms with E-state index in [-0.39, 0.29) is 25.7 Å². The van der Waals surface area contributed by atoms with Gasteiger partial charge < -0.3 is 14.6 Å². The number of aliphatic hydroxyl groups is 1. The minimum Gasteiger partial charge on any atom is -0.390 e. The number of rotatable bonds is 9. The molecule has 1 atom stereocenters. The molecule has 0 aromatic heterocycles. The fourth-order valence-electron chi connectivity index (χ4n) is 2.06. The smallest absolute Gasteiger partial charge is 0.390 e. The van der Waals surface area contributed by atoms with E-state index in [1.807, 2.05) is 0 Å². The summed E-state index contributed by atoms with van der Waals surface area (Å²) in [4.78, 5) is 0. The third-order valence-electron chi connectivity index (χ3n) is 2.77. The zero-order chi connectivity index (χ0) is 17.8. The van der Waals surface area contributed by atoms with Gasteiger partial charge >= 0.3 is 12.1 Å². The van der Waals surface area contributed by atoms with Crippen LogP contribution < -0.4 is 0 Å². The monoisotopic (exact) mass is 336 g/mol. The van der Waals surface area contributed by atoms with Crippen LogP contribution in [-0.2, 0) is 9.47 Å². The molecule has 0 aromatic rings. The second kappa shape index (κ2) is 7.40. The van der Waals surface area contributed by atoms with Gasteiger partial charge in [-0.15, -0.1) is 0 Å². The van der Waals surface area contributed by atoms with E-state index in [2.05, 4.69) is 4.74 Å². The van der Waals surface area contributed by atoms with Gasteiger partial charge in [-0.2, -0.15) is 22.0 Å². The predicted molar refractivity (Wildman–Crippen MR) is 71.9 cm³/mol. The molecule has 0 saturated heterocycles. The van der Waals surface area contributed by atoms with Crippen LogP contribution in [0.15, 0.2) is 0 Å². The molecule has 0 aliphatic carbocycles. The van der Waals surface area contributed by atoms with Gasteiger partial charge in [0.25, 0.3) is 0 Å². The molecule has 0 spiro atoms. The number of halogens is 5. The van der Waals surface area contributed by atoms with Crippen molar-refractivity contribution in [2.45, 2.75) is 64.8 Å². The van der Waals surface area contributed by atoms with Crippen molar-refractivity contribution in [3.05, 3.63) is 0 Å². The summed E-state index contributed by atoms with van der Waals surface area (Å²) in [6, 6.07) is 0. The first-order chi connectivity index (χ1) is 9.58. The van der Waals surface area contributed by atoms with Gasteiger partial charge in [-0.05, 0) is 34.1 Å². The summed E-state index contributed by atoms with van der Waals surface area (Å²) in [5.41, 5.74) is -2.02. The molecule has 0 aromatic carbocycles. The second-order valence-electron chi connectivity index (χ2n) is 6.85. The first kappa shape index (κ1) is 21.5. The molecule has 0 bridgehead atoms. The zero-order valence-corrected chi connectivity index (χ0v) is 13.6. The lowest BCUT2D eigenvalue weighted by atomic mass is 9.81. The Bertz CT molecular complexity index is 336. The van der Waals surface area contributed by atoms with Gasteiger partial charge in [-0.3, -0.25) is 0 Å². The van der Waals surface area contributed by atoms with Crippen molar-refractivity contribution >= 4 is 0 Å². The molecule has 0 aliphatic rings. The van der Waals surface area contributed by atoms with Gasteiger partial charge in [0.05, 0.1) is 24.9 Å². The van der Waals surface area contributed by atoms with Crippen molar-refractivity contribution in [2.24, 2.45) is 5.41 Å². The number of alkyl halides is 5. The summed E-state index contributed by atoms with van der Waals surface area (Å²) in [7, 11) is 0. The van der Waals surface area contributed by atoms with Gasteiger partial charge in [0.2, 0.25) is 0 Å². The molecule has 0 heterocycles. The standard InChI is InChI=1S/C14H25F5O3/c1-10(2)22-8-12(5,6-11(3,4)20)7-21-9-13(15,16)14(17,18)19/h10,20H,6-9H2,1-5H3/t12-/m1/s1. The SMILES string of the molecule is CC(C)OC[C@@](C)(COCC(F)(F)C(F)(F)F)CC(C)(C)O. The van der Waals surface area contributed by atoms with Crippen molar-refractivity contribution in [3.63, 3.8) is 0 Å². The highest BCUT2D eigenvalue weighted by molar-refractivity contribution is 4.83. The normalized spacial score (nSPS) is 16.9. The van der Waals surface area contributed by atoms with Gasteiger partial charge in [0.1, 0.15) is 6.61 Å². The van der Waals surface area contributed by atoms with Crippen LogP contribution in [-0.4, -0.2) is 48.7 Å². The van der Waals surface area contributed by atoms with Crippen LogP contribution >= 0.6 is 0 Å². The van der Waals surface area contributed by atoms with Crippen LogP contribution in [0.3, 0.4) is 0 Å². The van der Waals surface area contributed by atoms with E-state index in [4.69, 9.17) is 4.74 Å². The molecule has 0 amide bonds. The van der Waals surface area contributed by atoms with Gasteiger partial charge in [0, 0.05) is 5.41 Å². The Morgan fingerprint density at radius 3 is 1.77 bits per heavy atom. The highest BCUT2D eigenvalue weighted by Gasteiger charge is 2.57. The Labute approximate surface area is 127 Å². The summed E-state index contributed by atoms with van der Waals surface area (Å²) in [5, 5.41) is 9.87. The van der Waals surface area contributed by atoms with Crippen LogP contribution in [0, 0.1) is 5.41 Å². The molecule has 1 N–H and O–H groups in total. The molecule has 3 nitrogen and oxygen atoms in total. The summed E-state index contributed by atoms with van der Waals surface area (Å²) < 4.78 is 71.9. The summed E-state index contributed by atoms with van der Waals surface area (Å²) in [6.07, 6.45) is -5.66. The first-order valence-electron chi connectivity index (χ1n) is 6.94. The van der Waals surface area contributed by atoms with Crippen molar-refractivity contribution in [3.8, 4) is 0 Å². The van der Waals surface area contributed by atoms with Crippen LogP contribution in [0.4, 0.5) is 22.0 Å². The fraction of sp³-hybridized carbons (Fsp3) is 1.00. The van der Waals surface area contributed by atoms with E-state index in [9.17, 15) is 27.1 Å². The summed E-state index contributed by atoms with van der Waals surface area (Å²) >= 11 is 0. The van der Waals surface area contributed by atoms with Crippen molar-refractivity contribution in [1.29, 1.82) is 0 Å². The van der Waals surface area contributed by atoms with Crippen molar-refractivity contribution < 1.29 is 36.5 Å². The Hall–Kier alpha value is -0.470. The van der Waals surface area contributed by atoms with Crippen LogP contribution in [0.5, 0.6) is 0 Å². The van der Waals surface area contributed by atoms with Crippen molar-refractivity contribution in [2.75, 3.05) is 19.8 Å². The summed E-state index contributed by atoms with van der Waals surface area (Å²) in [6.45, 7) is 6.13. The third-order valence-corrected chi connectivity index (χ3v) is 2.77. The Morgan fingerprint density at radius 1 is 0.909 bits per heavy atom. The molecule has 0 fully saturated rings. The van der Waals surface area contributed by atoms with Crippen LogP contribution in [0.2, 0.25) is 0 Å². The molecule has 0 radical (unpaired) electrons. The van der Waals surface area contributed by atoms with Gasteiger partial charge in [-0.1, -0.05) is 6.92 Å². The molecule has 22 heavy (non-hydrogen) atoms. The van der Waals surface area contributed by atoms with E-state index in [1.165, 1.54) is 13.8 Å². The van der Waals surface area contributed by atoms with E-state index >= 15 is 0 Å². The van der Waals surface area contributed by atoms with E-state index < -0.39 is 29.7 Å². The zero-order valence-electron chi connectivity index (χ0n) is 13.6. The average molecular weight is 336 g/mol. The van der Waals surface area contributed by atoms with Crippen molar-refractivity contribution in [1.82, 2.24) is 0 Å². The third kappa shape index (κ3) is 8.24. The Kier molecular flexibility index (Phi) is 7.24. The first-order valence-corrected chi connectivity index (χ1v) is 6.94. The highest BCUT2D eigenvalue weighted by atomic mass is 19.4. The maximum absolute atomic E-state index is 12.8. The molecule has 134 valence electrons. The topological polar surface area (TPSA) is 38.7 Å². The molecule has 0 unspecified atom stereocenters. The summed E-state index contributed by atoms with van der Waals surface area (Å²) in [5.74, 6) is -4.90. The number of hydrogen-bond donors (Lipinski definition) is 1. The maximum atomic E-state index is 12.8. The van der Waals surface area contributed by atoms with E-state index in [0.717, 1.165) is 0 Å². The number of ether oxygens (including phenoxy) is 2.